The summed E-state index contributed by atoms with van der Waals surface area (Å²) >= 11 is 0. The Kier molecular flexibility index (Phi) is 4.22. The normalized spacial score (nSPS) is 10.2. The average molecular weight is 289 g/mol. The van der Waals surface area contributed by atoms with E-state index in [0.29, 0.717) is 11.5 Å². The molecule has 7 heteroatoms. The van der Waals surface area contributed by atoms with Crippen molar-refractivity contribution in [3.05, 3.63) is 46.8 Å². The molecule has 0 fully saturated rings. The maximum absolute atomic E-state index is 11.8. The minimum Gasteiger partial charge on any atom is -0.478 e. The summed E-state index contributed by atoms with van der Waals surface area (Å²) < 4.78 is 4.88. The Morgan fingerprint density at radius 2 is 2.05 bits per heavy atom. The van der Waals surface area contributed by atoms with Gasteiger partial charge in [-0.25, -0.2) is 9.59 Å². The number of amides is 2. The van der Waals surface area contributed by atoms with Gasteiger partial charge in [0, 0.05) is 6.07 Å². The van der Waals surface area contributed by atoms with Crippen LogP contribution < -0.4 is 10.6 Å². The van der Waals surface area contributed by atoms with Gasteiger partial charge >= 0.3 is 12.0 Å². The number of aromatic nitrogens is 1. The molecule has 110 valence electrons. The largest absolute Gasteiger partial charge is 0.478 e. The topological polar surface area (TPSA) is 104 Å². The van der Waals surface area contributed by atoms with Crippen molar-refractivity contribution in [1.29, 1.82) is 0 Å². The Morgan fingerprint density at radius 1 is 1.29 bits per heavy atom. The molecule has 0 aliphatic carbocycles. The molecule has 1 heterocycles. The minimum absolute atomic E-state index is 0.0439. The molecule has 0 saturated carbocycles. The number of carboxylic acids is 1. The summed E-state index contributed by atoms with van der Waals surface area (Å²) in [5.41, 5.74) is 1.67. The van der Waals surface area contributed by atoms with Gasteiger partial charge in [0.05, 0.1) is 17.8 Å². The predicted molar refractivity (Wildman–Crippen MR) is 75.2 cm³/mol. The van der Waals surface area contributed by atoms with E-state index in [1.165, 1.54) is 6.07 Å². The van der Waals surface area contributed by atoms with E-state index in [9.17, 15) is 9.59 Å². The van der Waals surface area contributed by atoms with Crippen molar-refractivity contribution >= 4 is 17.7 Å². The number of aromatic carboxylic acids is 1. The second-order valence-electron chi connectivity index (χ2n) is 4.59. The van der Waals surface area contributed by atoms with Gasteiger partial charge in [0.15, 0.2) is 0 Å². The number of aryl methyl sites for hydroxylation is 2. The summed E-state index contributed by atoms with van der Waals surface area (Å²) in [5.74, 6) is -0.444. The maximum atomic E-state index is 11.8. The number of hydrogen-bond donors (Lipinski definition) is 3. The highest BCUT2D eigenvalue weighted by atomic mass is 16.5. The lowest BCUT2D eigenvalue weighted by Crippen LogP contribution is -2.29. The molecule has 0 unspecified atom stereocenters. The standard InChI is InChI=1S/C14H15N3O4/c1-8-3-4-12(11(5-8)13(18)19)16-14(20)15-7-10-6-9(2)21-17-10/h3-6H,7H2,1-2H3,(H,18,19)(H2,15,16,20). The Morgan fingerprint density at radius 3 is 2.67 bits per heavy atom. The third-order valence-corrected chi connectivity index (χ3v) is 2.76. The fourth-order valence-corrected chi connectivity index (χ4v) is 1.78. The van der Waals surface area contributed by atoms with Gasteiger partial charge < -0.3 is 20.3 Å². The van der Waals surface area contributed by atoms with Crippen LogP contribution in [0.3, 0.4) is 0 Å². The molecule has 0 aliphatic rings. The lowest BCUT2D eigenvalue weighted by atomic mass is 10.1. The summed E-state index contributed by atoms with van der Waals surface area (Å²) in [6.45, 7) is 3.72. The SMILES string of the molecule is Cc1ccc(NC(=O)NCc2cc(C)on2)c(C(=O)O)c1. The predicted octanol–water partition coefficient (Wildman–Crippen LogP) is 2.31. The summed E-state index contributed by atoms with van der Waals surface area (Å²) in [4.78, 5) is 22.9. The van der Waals surface area contributed by atoms with Gasteiger partial charge in [-0.1, -0.05) is 16.8 Å². The smallest absolute Gasteiger partial charge is 0.337 e. The molecule has 2 aromatic rings. The summed E-state index contributed by atoms with van der Waals surface area (Å²) in [5, 5.41) is 17.9. The number of carbonyl (C=O) groups excluding carboxylic acids is 1. The third-order valence-electron chi connectivity index (χ3n) is 2.76. The molecule has 0 radical (unpaired) electrons. The van der Waals surface area contributed by atoms with Crippen LogP contribution in [0.5, 0.6) is 0 Å². The Balaban J connectivity index is 2.01. The van der Waals surface area contributed by atoms with Crippen LogP contribution in [0.1, 0.15) is 27.4 Å². The molecule has 1 aromatic heterocycles. The summed E-state index contributed by atoms with van der Waals surface area (Å²) in [6.07, 6.45) is 0. The number of rotatable bonds is 4. The second-order valence-corrected chi connectivity index (χ2v) is 4.59. The highest BCUT2D eigenvalue weighted by Gasteiger charge is 2.12. The zero-order chi connectivity index (χ0) is 15.4. The number of urea groups is 1. The van der Waals surface area contributed by atoms with Crippen LogP contribution in [0.2, 0.25) is 0 Å². The van der Waals surface area contributed by atoms with E-state index in [1.54, 1.807) is 32.0 Å². The van der Waals surface area contributed by atoms with E-state index in [0.717, 1.165) is 5.56 Å². The van der Waals surface area contributed by atoms with E-state index < -0.39 is 12.0 Å². The Bertz CT molecular complexity index is 679. The van der Waals surface area contributed by atoms with E-state index in [-0.39, 0.29) is 17.8 Å². The number of hydrogen-bond acceptors (Lipinski definition) is 4. The molecule has 1 aromatic carbocycles. The maximum Gasteiger partial charge on any atom is 0.337 e. The van der Waals surface area contributed by atoms with Crippen molar-refractivity contribution in [2.24, 2.45) is 0 Å². The van der Waals surface area contributed by atoms with Crippen molar-refractivity contribution in [2.45, 2.75) is 20.4 Å². The van der Waals surface area contributed by atoms with Gasteiger partial charge in [0.2, 0.25) is 0 Å². The first-order chi connectivity index (χ1) is 9.95. The van der Waals surface area contributed by atoms with Crippen LogP contribution in [0.4, 0.5) is 10.5 Å². The van der Waals surface area contributed by atoms with Crippen molar-refractivity contribution in [1.82, 2.24) is 10.5 Å². The van der Waals surface area contributed by atoms with E-state index in [2.05, 4.69) is 15.8 Å². The molecule has 0 saturated heterocycles. The van der Waals surface area contributed by atoms with Gasteiger partial charge in [0.1, 0.15) is 11.5 Å². The first kappa shape index (κ1) is 14.6. The van der Waals surface area contributed by atoms with Gasteiger partial charge in [-0.3, -0.25) is 0 Å². The van der Waals surface area contributed by atoms with E-state index in [4.69, 9.17) is 9.63 Å². The Hall–Kier alpha value is -2.83. The molecule has 21 heavy (non-hydrogen) atoms. The van der Waals surface area contributed by atoms with Crippen molar-refractivity contribution in [2.75, 3.05) is 5.32 Å². The second kappa shape index (κ2) is 6.08. The molecular weight excluding hydrogens is 274 g/mol. The highest BCUT2D eigenvalue weighted by Crippen LogP contribution is 2.17. The molecule has 0 bridgehead atoms. The van der Waals surface area contributed by atoms with Crippen LogP contribution in [-0.4, -0.2) is 22.3 Å². The number of carboxylic acid groups (broad SMARTS) is 1. The molecule has 7 nitrogen and oxygen atoms in total. The van der Waals surface area contributed by atoms with Gasteiger partial charge in [0.25, 0.3) is 0 Å². The minimum atomic E-state index is -1.10. The number of benzene rings is 1. The van der Waals surface area contributed by atoms with Crippen molar-refractivity contribution in [3.63, 3.8) is 0 Å². The fourth-order valence-electron chi connectivity index (χ4n) is 1.78. The molecule has 2 rings (SSSR count). The molecule has 2 amide bonds. The molecule has 0 aliphatic heterocycles. The molecule has 0 atom stereocenters. The van der Waals surface area contributed by atoms with Gasteiger partial charge in [-0.15, -0.1) is 0 Å². The van der Waals surface area contributed by atoms with Crippen LogP contribution >= 0.6 is 0 Å². The average Bonchev–Trinajstić information content (AvgIpc) is 2.84. The lowest BCUT2D eigenvalue weighted by molar-refractivity contribution is 0.0698. The lowest BCUT2D eigenvalue weighted by Gasteiger charge is -2.09. The van der Waals surface area contributed by atoms with Crippen LogP contribution in [0, 0.1) is 13.8 Å². The summed E-state index contributed by atoms with van der Waals surface area (Å²) in [7, 11) is 0. The van der Waals surface area contributed by atoms with Gasteiger partial charge in [-0.05, 0) is 26.0 Å². The first-order valence-corrected chi connectivity index (χ1v) is 6.26. The number of anilines is 1. The van der Waals surface area contributed by atoms with Crippen molar-refractivity contribution < 1.29 is 19.2 Å². The third kappa shape index (κ3) is 3.82. The molecule has 0 spiro atoms. The van der Waals surface area contributed by atoms with Crippen LogP contribution in [-0.2, 0) is 6.54 Å². The summed E-state index contributed by atoms with van der Waals surface area (Å²) in [6, 6.07) is 5.97. The molecule has 3 N–H and O–H groups in total. The van der Waals surface area contributed by atoms with E-state index in [1.807, 2.05) is 0 Å². The van der Waals surface area contributed by atoms with Gasteiger partial charge in [-0.2, -0.15) is 0 Å². The number of carbonyl (C=O) groups is 2. The monoisotopic (exact) mass is 289 g/mol. The number of nitrogens with one attached hydrogen (secondary N) is 2. The Labute approximate surface area is 120 Å². The zero-order valence-electron chi connectivity index (χ0n) is 11.6. The van der Waals surface area contributed by atoms with Crippen molar-refractivity contribution in [3.8, 4) is 0 Å². The first-order valence-electron chi connectivity index (χ1n) is 6.26. The quantitative estimate of drug-likeness (QED) is 0.801. The zero-order valence-corrected chi connectivity index (χ0v) is 11.6. The fraction of sp³-hybridized carbons (Fsp3) is 0.214. The number of nitrogens with zero attached hydrogens (tertiary/aromatic N) is 1. The highest BCUT2D eigenvalue weighted by molar-refractivity contribution is 6.00. The molecular formula is C14H15N3O4. The van der Waals surface area contributed by atoms with Crippen LogP contribution in [0.15, 0.2) is 28.8 Å². The van der Waals surface area contributed by atoms with E-state index >= 15 is 0 Å². The van der Waals surface area contributed by atoms with Crippen LogP contribution in [0.25, 0.3) is 0 Å².